The van der Waals surface area contributed by atoms with Crippen LogP contribution in [-0.2, 0) is 6.42 Å². The van der Waals surface area contributed by atoms with Crippen LogP contribution in [0, 0.1) is 17.8 Å². The molecule has 2 unspecified atom stereocenters. The lowest BCUT2D eigenvalue weighted by Gasteiger charge is -2.42. The third-order valence-electron chi connectivity index (χ3n) is 7.53. The van der Waals surface area contributed by atoms with Gasteiger partial charge in [-0.1, -0.05) is 68.3 Å². The van der Waals surface area contributed by atoms with Gasteiger partial charge in [-0.05, 0) is 97.4 Å². The summed E-state index contributed by atoms with van der Waals surface area (Å²) in [5.74, 6) is 3.84. The summed E-state index contributed by atoms with van der Waals surface area (Å²) in [4.78, 5) is 0. The minimum Gasteiger partial charge on any atom is -0.0917 e. The van der Waals surface area contributed by atoms with Crippen LogP contribution in [0.2, 0.25) is 0 Å². The van der Waals surface area contributed by atoms with Gasteiger partial charge in [0.15, 0.2) is 0 Å². The Hall–Kier alpha value is -1.56. The quantitative estimate of drug-likeness (QED) is 0.473. The number of benzene rings is 2. The average Bonchev–Trinajstić information content (AvgIpc) is 2.72. The van der Waals surface area contributed by atoms with E-state index in [1.165, 1.54) is 61.3 Å². The second kappa shape index (κ2) is 8.63. The van der Waals surface area contributed by atoms with Gasteiger partial charge in [0.05, 0.1) is 0 Å². The third-order valence-corrected chi connectivity index (χ3v) is 7.53. The molecule has 0 N–H and O–H groups in total. The number of hydrogen-bond donors (Lipinski definition) is 0. The van der Waals surface area contributed by atoms with Crippen LogP contribution in [0.5, 0.6) is 0 Å². The van der Waals surface area contributed by atoms with Gasteiger partial charge in [-0.25, -0.2) is 0 Å². The average molecular weight is 361 g/mol. The van der Waals surface area contributed by atoms with Crippen molar-refractivity contribution in [3.05, 3.63) is 59.7 Å². The fourth-order valence-electron chi connectivity index (χ4n) is 5.80. The molecule has 0 bridgehead atoms. The normalized spacial score (nSPS) is 28.5. The summed E-state index contributed by atoms with van der Waals surface area (Å²) >= 11 is 0. The van der Waals surface area contributed by atoms with Gasteiger partial charge in [-0.2, -0.15) is 0 Å². The largest absolute Gasteiger partial charge is 0.0917 e. The van der Waals surface area contributed by atoms with E-state index in [4.69, 9.17) is 0 Å². The van der Waals surface area contributed by atoms with E-state index in [0.717, 1.165) is 36.5 Å². The SMILES string of the molecule is C/C=C/CCc1ccc2cc([C@@H]3CC[C@@H]4CC(CC)CCC4C3)ccc2c1. The number of allylic oxidation sites excluding steroid dienone is 2. The second-order valence-electron chi connectivity index (χ2n) is 9.17. The van der Waals surface area contributed by atoms with Crippen LogP contribution >= 0.6 is 0 Å². The van der Waals surface area contributed by atoms with Gasteiger partial charge in [0, 0.05) is 0 Å². The Balaban J connectivity index is 1.45. The maximum atomic E-state index is 2.49. The lowest BCUT2D eigenvalue weighted by molar-refractivity contribution is 0.116. The first-order valence-corrected chi connectivity index (χ1v) is 11.4. The van der Waals surface area contributed by atoms with Gasteiger partial charge in [0.2, 0.25) is 0 Å². The monoisotopic (exact) mass is 360 g/mol. The van der Waals surface area contributed by atoms with Crippen LogP contribution in [0.15, 0.2) is 48.6 Å². The molecule has 2 aromatic carbocycles. The van der Waals surface area contributed by atoms with Crippen LogP contribution in [0.1, 0.15) is 82.3 Å². The molecule has 4 atom stereocenters. The molecule has 0 saturated heterocycles. The van der Waals surface area contributed by atoms with Crippen LogP contribution in [0.3, 0.4) is 0 Å². The summed E-state index contributed by atoms with van der Waals surface area (Å²) in [5, 5.41) is 2.84. The molecular weight excluding hydrogens is 324 g/mol. The maximum absolute atomic E-state index is 2.49. The van der Waals surface area contributed by atoms with Crippen LogP contribution in [0.4, 0.5) is 0 Å². The van der Waals surface area contributed by atoms with Crippen molar-refractivity contribution in [2.75, 3.05) is 0 Å². The molecule has 4 rings (SSSR count). The molecule has 0 nitrogen and oxygen atoms in total. The van der Waals surface area contributed by atoms with Crippen molar-refractivity contribution in [1.29, 1.82) is 0 Å². The van der Waals surface area contributed by atoms with Crippen LogP contribution < -0.4 is 0 Å². The Labute approximate surface area is 166 Å². The lowest BCUT2D eigenvalue weighted by Crippen LogP contribution is -2.30. The van der Waals surface area contributed by atoms with Gasteiger partial charge in [0.25, 0.3) is 0 Å². The van der Waals surface area contributed by atoms with Crippen molar-refractivity contribution >= 4 is 10.8 Å². The van der Waals surface area contributed by atoms with Gasteiger partial charge in [-0.15, -0.1) is 0 Å². The molecule has 2 fully saturated rings. The Morgan fingerprint density at radius 3 is 2.52 bits per heavy atom. The standard InChI is InChI=1S/C27H36/c1-3-5-6-7-21-9-11-25-19-27(15-13-23(25)17-21)26-14-12-22-16-20(4-2)8-10-24(22)18-26/h3,5,9,11,13,15,17,19-20,22,24,26H,4,6-8,10,12,14,16,18H2,1-2H3/b5-3+/t20?,22-,24?,26-/m1/s1. The van der Waals surface area contributed by atoms with E-state index in [1.807, 2.05) is 0 Å². The van der Waals surface area contributed by atoms with E-state index >= 15 is 0 Å². The summed E-state index contributed by atoms with van der Waals surface area (Å²) < 4.78 is 0. The van der Waals surface area contributed by atoms with Crippen LogP contribution in [0.25, 0.3) is 10.8 Å². The highest BCUT2D eigenvalue weighted by atomic mass is 14.4. The molecule has 2 aliphatic carbocycles. The van der Waals surface area contributed by atoms with Crippen molar-refractivity contribution in [1.82, 2.24) is 0 Å². The number of fused-ring (bicyclic) bond motifs is 2. The van der Waals surface area contributed by atoms with Gasteiger partial charge >= 0.3 is 0 Å². The minimum absolute atomic E-state index is 0.795. The number of aryl methyl sites for hydroxylation is 1. The molecule has 0 heterocycles. The third kappa shape index (κ3) is 4.31. The fraction of sp³-hybridized carbons (Fsp3) is 0.556. The maximum Gasteiger partial charge on any atom is -0.0159 e. The van der Waals surface area contributed by atoms with Crippen LogP contribution in [-0.4, -0.2) is 0 Å². The summed E-state index contributed by atoms with van der Waals surface area (Å²) in [5.41, 5.74) is 3.06. The number of hydrogen-bond acceptors (Lipinski definition) is 0. The smallest absolute Gasteiger partial charge is 0.0159 e. The molecule has 2 aliphatic rings. The first kappa shape index (κ1) is 18.8. The van der Waals surface area contributed by atoms with E-state index in [2.05, 4.69) is 62.4 Å². The molecule has 0 heteroatoms. The highest BCUT2D eigenvalue weighted by Crippen LogP contribution is 2.48. The Kier molecular flexibility index (Phi) is 6.01. The van der Waals surface area contributed by atoms with E-state index < -0.39 is 0 Å². The fourth-order valence-corrected chi connectivity index (χ4v) is 5.80. The van der Waals surface area contributed by atoms with E-state index in [9.17, 15) is 0 Å². The first-order valence-electron chi connectivity index (χ1n) is 11.4. The zero-order valence-electron chi connectivity index (χ0n) is 17.3. The molecular formula is C27H36. The summed E-state index contributed by atoms with van der Waals surface area (Å²) in [6.07, 6.45) is 16.9. The summed E-state index contributed by atoms with van der Waals surface area (Å²) in [6, 6.07) is 14.4. The van der Waals surface area contributed by atoms with Crippen molar-refractivity contribution in [2.24, 2.45) is 17.8 Å². The van der Waals surface area contributed by atoms with Crippen molar-refractivity contribution in [2.45, 2.75) is 77.6 Å². The van der Waals surface area contributed by atoms with Crippen molar-refractivity contribution in [3.63, 3.8) is 0 Å². The van der Waals surface area contributed by atoms with E-state index in [0.29, 0.717) is 0 Å². The Morgan fingerprint density at radius 2 is 1.67 bits per heavy atom. The molecule has 2 saturated carbocycles. The zero-order valence-corrected chi connectivity index (χ0v) is 17.3. The van der Waals surface area contributed by atoms with Gasteiger partial charge in [0.1, 0.15) is 0 Å². The topological polar surface area (TPSA) is 0 Å². The number of rotatable bonds is 5. The van der Waals surface area contributed by atoms with Gasteiger partial charge < -0.3 is 0 Å². The van der Waals surface area contributed by atoms with Gasteiger partial charge in [-0.3, -0.25) is 0 Å². The predicted molar refractivity (Wildman–Crippen MR) is 118 cm³/mol. The molecule has 2 aromatic rings. The molecule has 0 aliphatic heterocycles. The van der Waals surface area contributed by atoms with E-state index in [1.54, 1.807) is 5.56 Å². The highest BCUT2D eigenvalue weighted by molar-refractivity contribution is 5.84. The summed E-state index contributed by atoms with van der Waals surface area (Å²) in [6.45, 7) is 4.49. The highest BCUT2D eigenvalue weighted by Gasteiger charge is 2.35. The first-order chi connectivity index (χ1) is 13.3. The lowest BCUT2D eigenvalue weighted by atomic mass is 9.63. The molecule has 0 radical (unpaired) electrons. The van der Waals surface area contributed by atoms with Crippen molar-refractivity contribution < 1.29 is 0 Å². The Morgan fingerprint density at radius 1 is 0.889 bits per heavy atom. The predicted octanol–water partition coefficient (Wildman–Crippen LogP) is 8.06. The van der Waals surface area contributed by atoms with Crippen molar-refractivity contribution in [3.8, 4) is 0 Å². The summed E-state index contributed by atoms with van der Waals surface area (Å²) in [7, 11) is 0. The minimum atomic E-state index is 0.795. The molecule has 0 spiro atoms. The molecule has 144 valence electrons. The van der Waals surface area contributed by atoms with E-state index in [-0.39, 0.29) is 0 Å². The Bertz CT molecular complexity index is 784. The zero-order chi connectivity index (χ0) is 18.6. The second-order valence-corrected chi connectivity index (χ2v) is 9.17. The molecule has 27 heavy (non-hydrogen) atoms. The molecule has 0 amide bonds. The molecule has 0 aromatic heterocycles.